The number of isothiocyanates is 3. The Morgan fingerprint density at radius 2 is 0.727 bits per heavy atom. The third kappa shape index (κ3) is 306. The van der Waals surface area contributed by atoms with E-state index in [1.54, 1.807) is 0 Å². The van der Waals surface area contributed by atoms with Gasteiger partial charge in [0.15, 0.2) is 0 Å². The molecule has 0 atom stereocenters. The van der Waals surface area contributed by atoms with Gasteiger partial charge in [-0.05, 0) is 0 Å². The first-order chi connectivity index (χ1) is 4.24. The van der Waals surface area contributed by atoms with Crippen LogP contribution in [0.4, 0.5) is 0 Å². The van der Waals surface area contributed by atoms with Gasteiger partial charge in [-0.15, -0.1) is 0 Å². The van der Waals surface area contributed by atoms with Gasteiger partial charge in [0, 0.05) is 0 Å². The maximum atomic E-state index is 7.13. The van der Waals surface area contributed by atoms with Crippen LogP contribution < -0.4 is 51.4 Å². The summed E-state index contributed by atoms with van der Waals surface area (Å²) in [7, 11) is 0. The monoisotopic (exact) mass is 415 g/mol. The summed E-state index contributed by atoms with van der Waals surface area (Å²) >= 11 is 11.1. The molecular formula is C3HgKN3S3. The van der Waals surface area contributed by atoms with E-state index < -0.39 is 0 Å². The van der Waals surface area contributed by atoms with Gasteiger partial charge in [0.05, 0.1) is 0 Å². The zero-order valence-corrected chi connectivity index (χ0v) is 16.8. The molecule has 48 valence electrons. The minimum atomic E-state index is 0. The summed E-state index contributed by atoms with van der Waals surface area (Å²) < 4.78 is 0. The fourth-order valence-electron chi connectivity index (χ4n) is 0. The molecule has 0 aliphatic carbocycles. The number of thiocarbonyl (C=S) groups is 3. The fourth-order valence-corrected chi connectivity index (χ4v) is 0. The Morgan fingerprint density at radius 1 is 0.727 bits per heavy atom. The predicted octanol–water partition coefficient (Wildman–Crippen LogP) is -1.02. The summed E-state index contributed by atoms with van der Waals surface area (Å²) in [5.74, 6) is 0. The van der Waals surface area contributed by atoms with Gasteiger partial charge in [0.1, 0.15) is 0 Å². The quantitative estimate of drug-likeness (QED) is 0.290. The Labute approximate surface area is 144 Å². The average molecular weight is 414 g/mol. The topological polar surface area (TPSA) is 66.9 Å². The molecule has 0 bridgehead atoms. The minimum absolute atomic E-state index is 0. The molecule has 0 unspecified atom stereocenters. The summed E-state index contributed by atoms with van der Waals surface area (Å²) in [5, 5.41) is 25.4. The standard InChI is InChI=1S/3CNS.Hg.K/c3*2-1-3;;/q3*-1;+2;+1. The first kappa shape index (κ1) is 29.3. The molecule has 0 N–H and O–H groups in total. The van der Waals surface area contributed by atoms with Crippen LogP contribution in [0.5, 0.6) is 0 Å². The van der Waals surface area contributed by atoms with Crippen LogP contribution in [0, 0.1) is 0 Å². The second-order valence-electron chi connectivity index (χ2n) is 0.274. The van der Waals surface area contributed by atoms with Crippen molar-refractivity contribution in [3.8, 4) is 0 Å². The van der Waals surface area contributed by atoms with Crippen LogP contribution in [0.3, 0.4) is 0 Å². The van der Waals surface area contributed by atoms with Crippen LogP contribution in [-0.2, 0) is 27.7 Å². The smallest absolute Gasteiger partial charge is 0.753 e. The molecule has 0 aromatic carbocycles. The molecule has 3 nitrogen and oxygen atoms in total. The fraction of sp³-hybridized carbons (Fsp3) is 0. The van der Waals surface area contributed by atoms with Gasteiger partial charge in [-0.25, -0.2) is 0 Å². The van der Waals surface area contributed by atoms with E-state index in [2.05, 4.69) is 36.7 Å². The molecular weight excluding hydrogens is 414 g/mol. The molecule has 0 saturated heterocycles. The Hall–Kier alpha value is 1.97. The molecule has 0 saturated carbocycles. The molecule has 0 aromatic rings. The van der Waals surface area contributed by atoms with E-state index in [0.717, 1.165) is 0 Å². The third-order valence-corrected chi connectivity index (χ3v) is 0. The predicted molar refractivity (Wildman–Crippen MR) is 47.9 cm³/mol. The number of rotatable bonds is 0. The summed E-state index contributed by atoms with van der Waals surface area (Å²) in [5.41, 5.74) is 0. The molecule has 0 aliphatic rings. The average Bonchev–Trinajstić information content (AvgIpc) is 1.70. The molecule has 0 radical (unpaired) electrons. The SMILES string of the molecule is [Hg+2].[K+].[N-]=C=S.[N-]=C=S.[N-]=C=S. The third-order valence-electron chi connectivity index (χ3n) is 0. The van der Waals surface area contributed by atoms with Crippen LogP contribution in [-0.4, -0.2) is 15.5 Å². The Morgan fingerprint density at radius 3 is 0.727 bits per heavy atom. The van der Waals surface area contributed by atoms with Crippen molar-refractivity contribution in [1.82, 2.24) is 0 Å². The first-order valence-electron chi connectivity index (χ1n) is 1.28. The molecule has 0 aromatic heterocycles. The Bertz CT molecular complexity index is 115. The molecule has 8 heteroatoms. The maximum absolute atomic E-state index is 7.13. The second kappa shape index (κ2) is 58.3. The van der Waals surface area contributed by atoms with Gasteiger partial charge >= 0.3 is 79.1 Å². The van der Waals surface area contributed by atoms with E-state index in [1.807, 2.05) is 0 Å². The van der Waals surface area contributed by atoms with E-state index >= 15 is 0 Å². The van der Waals surface area contributed by atoms with Crippen molar-refractivity contribution >= 4 is 52.1 Å². The summed E-state index contributed by atoms with van der Waals surface area (Å²) in [4.78, 5) is 0. The van der Waals surface area contributed by atoms with Crippen LogP contribution in [0.15, 0.2) is 0 Å². The van der Waals surface area contributed by atoms with Crippen molar-refractivity contribution in [3.05, 3.63) is 16.2 Å². The van der Waals surface area contributed by atoms with E-state index in [-0.39, 0.29) is 79.1 Å². The molecule has 11 heavy (non-hydrogen) atoms. The summed E-state index contributed by atoms with van der Waals surface area (Å²) in [6, 6.07) is 0. The van der Waals surface area contributed by atoms with Gasteiger partial charge < -0.3 is 16.2 Å². The normalized spacial score (nSPS) is 2.18. The van der Waals surface area contributed by atoms with E-state index in [9.17, 15) is 0 Å². The van der Waals surface area contributed by atoms with Gasteiger partial charge in [0.25, 0.3) is 0 Å². The maximum Gasteiger partial charge on any atom is 2.00 e. The first-order valence-corrected chi connectivity index (χ1v) is 2.51. The summed E-state index contributed by atoms with van der Waals surface area (Å²) in [6.07, 6.45) is 0. The zero-order valence-electron chi connectivity index (χ0n) is 5.77. The Balaban J connectivity index is -0.0000000150. The number of nitrogens with zero attached hydrogens (tertiary/aromatic N) is 3. The van der Waals surface area contributed by atoms with Crippen molar-refractivity contribution in [2.24, 2.45) is 0 Å². The largest absolute Gasteiger partial charge is 2.00 e. The second-order valence-corrected chi connectivity index (χ2v) is 0.822. The van der Waals surface area contributed by atoms with Crippen molar-refractivity contribution < 1.29 is 79.1 Å². The molecule has 0 aliphatic heterocycles. The van der Waals surface area contributed by atoms with Gasteiger partial charge in [0.2, 0.25) is 0 Å². The molecule has 0 heterocycles. The van der Waals surface area contributed by atoms with Gasteiger partial charge in [-0.1, -0.05) is 36.7 Å². The van der Waals surface area contributed by atoms with E-state index in [0.29, 0.717) is 0 Å². The van der Waals surface area contributed by atoms with Crippen molar-refractivity contribution in [2.75, 3.05) is 0 Å². The van der Waals surface area contributed by atoms with Crippen molar-refractivity contribution in [3.63, 3.8) is 0 Å². The molecule has 0 amide bonds. The zero-order chi connectivity index (χ0) is 8.12. The van der Waals surface area contributed by atoms with Crippen LogP contribution >= 0.6 is 36.7 Å². The molecule has 0 fully saturated rings. The van der Waals surface area contributed by atoms with Crippen molar-refractivity contribution in [2.45, 2.75) is 0 Å². The van der Waals surface area contributed by atoms with Crippen LogP contribution in [0.1, 0.15) is 0 Å². The molecule has 0 rings (SSSR count). The van der Waals surface area contributed by atoms with E-state index in [1.165, 1.54) is 15.5 Å². The van der Waals surface area contributed by atoms with Crippen LogP contribution in [0.2, 0.25) is 0 Å². The summed E-state index contributed by atoms with van der Waals surface area (Å²) in [6.45, 7) is 0. The van der Waals surface area contributed by atoms with Gasteiger partial charge in [-0.2, -0.15) is 15.5 Å². The van der Waals surface area contributed by atoms with Gasteiger partial charge in [-0.3, -0.25) is 0 Å². The number of hydrogen-bond donors (Lipinski definition) is 0. The van der Waals surface area contributed by atoms with Crippen LogP contribution in [0.25, 0.3) is 16.2 Å². The number of hydrogen-bond acceptors (Lipinski definition) is 3. The Kier molecular flexibility index (Phi) is 155. The van der Waals surface area contributed by atoms with E-state index in [4.69, 9.17) is 16.2 Å². The molecule has 0 spiro atoms. The minimum Gasteiger partial charge on any atom is -0.753 e. The van der Waals surface area contributed by atoms with Crippen molar-refractivity contribution in [1.29, 1.82) is 0 Å².